The van der Waals surface area contributed by atoms with E-state index in [4.69, 9.17) is 0 Å². The number of nitrogens with zero attached hydrogens (tertiary/aromatic N) is 2. The monoisotopic (exact) mass is 846 g/mol. The molecule has 12 aromatic carbocycles. The molecule has 0 amide bonds. The first-order valence-corrected chi connectivity index (χ1v) is 23.4. The topological polar surface area (TPSA) is 9.86 Å². The Labute approximate surface area is 385 Å². The van der Waals surface area contributed by atoms with Crippen molar-refractivity contribution in [3.05, 3.63) is 253 Å². The van der Waals surface area contributed by atoms with Crippen molar-refractivity contribution >= 4 is 86.7 Å². The SMILES string of the molecule is c1ccc2c(c1)-c1ccccc1C21c2ccc3c(c2-c2c1ccc1c2c2ccccc2n1-c1cc2ccccc2c2ccccc12)c1ccccc1n3-c1cc2ccccc2c2ccccc12. The number of para-hydroxylation sites is 2. The normalized spacial score (nSPS) is 13.5. The van der Waals surface area contributed by atoms with Gasteiger partial charge in [0.25, 0.3) is 0 Å². The summed E-state index contributed by atoms with van der Waals surface area (Å²) in [4.78, 5) is 0. The van der Waals surface area contributed by atoms with E-state index in [2.05, 4.69) is 240 Å². The van der Waals surface area contributed by atoms with Crippen LogP contribution in [0, 0.1) is 0 Å². The lowest BCUT2D eigenvalue weighted by molar-refractivity contribution is 0.795. The lowest BCUT2D eigenvalue weighted by Gasteiger charge is -2.30. The number of aromatic nitrogens is 2. The lowest BCUT2D eigenvalue weighted by atomic mass is 9.70. The van der Waals surface area contributed by atoms with E-state index in [9.17, 15) is 0 Å². The van der Waals surface area contributed by atoms with Crippen LogP contribution >= 0.6 is 0 Å². The summed E-state index contributed by atoms with van der Waals surface area (Å²) in [7, 11) is 0. The molecule has 2 aliphatic rings. The van der Waals surface area contributed by atoms with Crippen molar-refractivity contribution in [2.45, 2.75) is 5.41 Å². The van der Waals surface area contributed by atoms with E-state index in [1.807, 2.05) is 0 Å². The predicted octanol–water partition coefficient (Wildman–Crippen LogP) is 16.8. The molecule has 2 aromatic heterocycles. The average molecular weight is 847 g/mol. The second kappa shape index (κ2) is 12.8. The van der Waals surface area contributed by atoms with Gasteiger partial charge in [0, 0.05) is 32.3 Å². The highest BCUT2D eigenvalue weighted by molar-refractivity contribution is 6.27. The van der Waals surface area contributed by atoms with Crippen LogP contribution in [0.15, 0.2) is 231 Å². The molecule has 0 fully saturated rings. The van der Waals surface area contributed by atoms with Gasteiger partial charge in [-0.2, -0.15) is 0 Å². The largest absolute Gasteiger partial charge is 0.309 e. The molecular formula is C65H38N2. The maximum Gasteiger partial charge on any atom is 0.0726 e. The Kier molecular flexibility index (Phi) is 6.78. The minimum atomic E-state index is -0.530. The standard InChI is InChI=1S/C65H38N2/c1-3-19-41-39(17-1)37-59(47-25-7-5-21-43(41)47)66-55-31-15-11-27-49(55)61-57(66)35-33-53-63(61)64-54(65(53)51-29-13-9-23-45(51)46-24-10-14-30-52(46)65)34-36-58-62(64)50-28-12-16-32-56(50)67(58)60-38-40-18-2-4-20-42(40)44-22-6-8-26-48(44)60/h1-38H. The van der Waals surface area contributed by atoms with Gasteiger partial charge in [-0.05, 0) is 113 Å². The molecule has 2 heterocycles. The van der Waals surface area contributed by atoms with Gasteiger partial charge in [-0.1, -0.05) is 194 Å². The van der Waals surface area contributed by atoms with Crippen LogP contribution in [0.3, 0.4) is 0 Å². The van der Waals surface area contributed by atoms with Crippen molar-refractivity contribution in [3.8, 4) is 33.6 Å². The minimum Gasteiger partial charge on any atom is -0.309 e. The highest BCUT2D eigenvalue weighted by atomic mass is 15.0. The summed E-state index contributed by atoms with van der Waals surface area (Å²) in [6.45, 7) is 0. The third-order valence-electron chi connectivity index (χ3n) is 15.7. The molecule has 0 N–H and O–H groups in total. The fraction of sp³-hybridized carbons (Fsp3) is 0.0154. The summed E-state index contributed by atoms with van der Waals surface area (Å²) in [5.74, 6) is 0. The Morgan fingerprint density at radius 2 is 0.612 bits per heavy atom. The molecule has 0 bridgehead atoms. The van der Waals surface area contributed by atoms with E-state index in [0.29, 0.717) is 0 Å². The van der Waals surface area contributed by atoms with Crippen molar-refractivity contribution in [2.24, 2.45) is 0 Å². The van der Waals surface area contributed by atoms with Crippen molar-refractivity contribution in [1.29, 1.82) is 0 Å². The molecule has 0 unspecified atom stereocenters. The predicted molar refractivity (Wildman–Crippen MR) is 281 cm³/mol. The van der Waals surface area contributed by atoms with Crippen LogP contribution in [0.5, 0.6) is 0 Å². The lowest BCUT2D eigenvalue weighted by Crippen LogP contribution is -2.25. The maximum atomic E-state index is 2.56. The zero-order chi connectivity index (χ0) is 43.5. The molecular weight excluding hydrogens is 809 g/mol. The van der Waals surface area contributed by atoms with Gasteiger partial charge in [-0.25, -0.2) is 0 Å². The molecule has 0 radical (unpaired) electrons. The van der Waals surface area contributed by atoms with Crippen LogP contribution in [0.4, 0.5) is 0 Å². The van der Waals surface area contributed by atoms with Crippen molar-refractivity contribution < 1.29 is 0 Å². The molecule has 14 aromatic rings. The Bertz CT molecular complexity index is 4230. The Morgan fingerprint density at radius 1 is 0.254 bits per heavy atom. The summed E-state index contributed by atoms with van der Waals surface area (Å²) in [6, 6.07) is 86.9. The zero-order valence-corrected chi connectivity index (χ0v) is 36.3. The first-order valence-electron chi connectivity index (χ1n) is 23.4. The van der Waals surface area contributed by atoms with Gasteiger partial charge in [0.1, 0.15) is 0 Å². The summed E-state index contributed by atoms with van der Waals surface area (Å²) in [6.07, 6.45) is 0. The number of benzene rings is 12. The minimum absolute atomic E-state index is 0.530. The molecule has 0 atom stereocenters. The fourth-order valence-electron chi connectivity index (χ4n) is 13.2. The van der Waals surface area contributed by atoms with Gasteiger partial charge < -0.3 is 9.13 Å². The molecule has 1 spiro atoms. The zero-order valence-electron chi connectivity index (χ0n) is 36.3. The number of hydrogen-bond acceptors (Lipinski definition) is 0. The molecule has 2 heteroatoms. The van der Waals surface area contributed by atoms with Crippen molar-refractivity contribution in [3.63, 3.8) is 0 Å². The van der Waals surface area contributed by atoms with Crippen LogP contribution < -0.4 is 0 Å². The van der Waals surface area contributed by atoms with E-state index in [1.54, 1.807) is 0 Å². The fourth-order valence-corrected chi connectivity index (χ4v) is 13.2. The first kappa shape index (κ1) is 35.6. The van der Waals surface area contributed by atoms with Gasteiger partial charge in [0.05, 0.1) is 38.9 Å². The molecule has 0 saturated carbocycles. The molecule has 0 aliphatic heterocycles. The molecule has 2 nitrogen and oxygen atoms in total. The van der Waals surface area contributed by atoms with Gasteiger partial charge in [-0.15, -0.1) is 0 Å². The third kappa shape index (κ3) is 4.32. The van der Waals surface area contributed by atoms with E-state index in [0.717, 1.165) is 0 Å². The van der Waals surface area contributed by atoms with Crippen LogP contribution in [0.1, 0.15) is 22.3 Å². The smallest absolute Gasteiger partial charge is 0.0726 e. The van der Waals surface area contributed by atoms with Crippen molar-refractivity contribution in [2.75, 3.05) is 0 Å². The molecule has 0 saturated heterocycles. The highest BCUT2D eigenvalue weighted by Gasteiger charge is 2.53. The average Bonchev–Trinajstić information content (AvgIpc) is 4.10. The molecule has 16 rings (SSSR count). The van der Waals surface area contributed by atoms with Crippen LogP contribution in [-0.2, 0) is 5.41 Å². The molecule has 67 heavy (non-hydrogen) atoms. The van der Waals surface area contributed by atoms with Crippen LogP contribution in [0.2, 0.25) is 0 Å². The first-order chi connectivity index (χ1) is 33.3. The second-order valence-electron chi connectivity index (χ2n) is 18.6. The van der Waals surface area contributed by atoms with E-state index < -0.39 is 5.41 Å². The van der Waals surface area contributed by atoms with Gasteiger partial charge in [-0.3, -0.25) is 0 Å². The van der Waals surface area contributed by atoms with Crippen molar-refractivity contribution in [1.82, 2.24) is 9.13 Å². The second-order valence-corrected chi connectivity index (χ2v) is 18.6. The summed E-state index contributed by atoms with van der Waals surface area (Å²) >= 11 is 0. The van der Waals surface area contributed by atoms with E-state index in [-0.39, 0.29) is 0 Å². The van der Waals surface area contributed by atoms with Gasteiger partial charge in [0.2, 0.25) is 0 Å². The summed E-state index contributed by atoms with van der Waals surface area (Å²) in [5, 5.41) is 15.2. The number of fused-ring (bicyclic) bond motifs is 24. The highest BCUT2D eigenvalue weighted by Crippen LogP contribution is 2.66. The molecule has 2 aliphatic carbocycles. The Hall–Kier alpha value is -8.72. The Morgan fingerprint density at radius 3 is 1.07 bits per heavy atom. The summed E-state index contributed by atoms with van der Waals surface area (Å²) in [5.41, 5.74) is 17.4. The van der Waals surface area contributed by atoms with Crippen LogP contribution in [0.25, 0.3) is 120 Å². The van der Waals surface area contributed by atoms with Crippen LogP contribution in [-0.4, -0.2) is 9.13 Å². The number of hydrogen-bond donors (Lipinski definition) is 0. The van der Waals surface area contributed by atoms with E-state index >= 15 is 0 Å². The quantitative estimate of drug-likeness (QED) is 0.153. The maximum absolute atomic E-state index is 2.56. The van der Waals surface area contributed by atoms with E-state index in [1.165, 1.54) is 143 Å². The molecule has 308 valence electrons. The van der Waals surface area contributed by atoms with Gasteiger partial charge in [0.15, 0.2) is 0 Å². The summed E-state index contributed by atoms with van der Waals surface area (Å²) < 4.78 is 5.12. The van der Waals surface area contributed by atoms with Gasteiger partial charge >= 0.3 is 0 Å². The number of rotatable bonds is 2. The Balaban J connectivity index is 1.12. The third-order valence-corrected chi connectivity index (χ3v) is 15.7.